The Balaban J connectivity index is 1.69. The predicted octanol–water partition coefficient (Wildman–Crippen LogP) is 1.03. The molecule has 0 atom stereocenters. The van der Waals surface area contributed by atoms with Crippen LogP contribution in [-0.2, 0) is 29.7 Å². The van der Waals surface area contributed by atoms with Crippen molar-refractivity contribution in [2.75, 3.05) is 25.4 Å². The number of hydrogen-bond acceptors (Lipinski definition) is 4. The second kappa shape index (κ2) is 6.06. The highest BCUT2D eigenvalue weighted by atomic mass is 32.2. The fraction of sp³-hybridized carbons (Fsp3) is 0.786. The van der Waals surface area contributed by atoms with E-state index in [2.05, 4.69) is 20.6 Å². The lowest BCUT2D eigenvalue weighted by atomic mass is 10.1. The first-order valence-corrected chi connectivity index (χ1v) is 9.44. The summed E-state index contributed by atoms with van der Waals surface area (Å²) in [6.07, 6.45) is 5.98. The van der Waals surface area contributed by atoms with Crippen LogP contribution in [0.3, 0.4) is 0 Å². The summed E-state index contributed by atoms with van der Waals surface area (Å²) in [6, 6.07) is 0. The number of piperidine rings is 1. The standard InChI is InChI=1S/C14H24N4O2S/c1-2-21(19,20)18-9-8-17-11-13(15-14(17)12-18)10-16-6-4-3-5-7-16/h11H,2-10,12H2,1H3. The number of likely N-dealkylation sites (tertiary alicyclic amines) is 1. The Hall–Kier alpha value is -0.920. The summed E-state index contributed by atoms with van der Waals surface area (Å²) in [5.41, 5.74) is 1.07. The first-order valence-electron chi connectivity index (χ1n) is 7.83. The molecular formula is C14H24N4O2S. The van der Waals surface area contributed by atoms with Crippen molar-refractivity contribution in [1.82, 2.24) is 18.8 Å². The molecule has 1 aromatic rings. The van der Waals surface area contributed by atoms with Crippen LogP contribution in [0.15, 0.2) is 6.20 Å². The Kier molecular flexibility index (Phi) is 4.33. The van der Waals surface area contributed by atoms with Crippen LogP contribution in [0.1, 0.15) is 37.7 Å². The lowest BCUT2D eigenvalue weighted by Gasteiger charge is -2.26. The van der Waals surface area contributed by atoms with Crippen molar-refractivity contribution in [2.24, 2.45) is 0 Å². The molecule has 0 radical (unpaired) electrons. The summed E-state index contributed by atoms with van der Waals surface area (Å²) >= 11 is 0. The van der Waals surface area contributed by atoms with Gasteiger partial charge in [0.05, 0.1) is 18.0 Å². The highest BCUT2D eigenvalue weighted by molar-refractivity contribution is 7.89. The van der Waals surface area contributed by atoms with Gasteiger partial charge in [-0.3, -0.25) is 4.90 Å². The van der Waals surface area contributed by atoms with E-state index in [0.29, 0.717) is 19.6 Å². The number of nitrogens with zero attached hydrogens (tertiary/aromatic N) is 4. The van der Waals surface area contributed by atoms with E-state index in [1.54, 1.807) is 11.2 Å². The topological polar surface area (TPSA) is 58.4 Å². The molecule has 1 fully saturated rings. The van der Waals surface area contributed by atoms with Crippen LogP contribution in [0.2, 0.25) is 0 Å². The number of sulfonamides is 1. The molecule has 2 aliphatic rings. The maximum Gasteiger partial charge on any atom is 0.214 e. The zero-order valence-electron chi connectivity index (χ0n) is 12.7. The molecule has 118 valence electrons. The quantitative estimate of drug-likeness (QED) is 0.833. The molecule has 0 aliphatic carbocycles. The molecule has 0 N–H and O–H groups in total. The number of fused-ring (bicyclic) bond motifs is 1. The summed E-state index contributed by atoms with van der Waals surface area (Å²) in [7, 11) is -3.11. The van der Waals surface area contributed by atoms with Crippen molar-refractivity contribution in [3.05, 3.63) is 17.7 Å². The Morgan fingerprint density at radius 1 is 1.14 bits per heavy atom. The third-order valence-corrected chi connectivity index (χ3v) is 6.24. The Morgan fingerprint density at radius 3 is 2.62 bits per heavy atom. The van der Waals surface area contributed by atoms with Crippen molar-refractivity contribution < 1.29 is 8.42 Å². The van der Waals surface area contributed by atoms with Crippen LogP contribution in [0, 0.1) is 0 Å². The molecule has 6 nitrogen and oxygen atoms in total. The monoisotopic (exact) mass is 312 g/mol. The fourth-order valence-electron chi connectivity index (χ4n) is 3.13. The van der Waals surface area contributed by atoms with Gasteiger partial charge in [0.25, 0.3) is 0 Å². The van der Waals surface area contributed by atoms with Crippen LogP contribution < -0.4 is 0 Å². The maximum atomic E-state index is 12.0. The van der Waals surface area contributed by atoms with Gasteiger partial charge in [-0.25, -0.2) is 13.4 Å². The van der Waals surface area contributed by atoms with Gasteiger partial charge in [0.1, 0.15) is 5.82 Å². The summed E-state index contributed by atoms with van der Waals surface area (Å²) in [6.45, 7) is 6.57. The molecule has 7 heteroatoms. The minimum atomic E-state index is -3.11. The molecule has 0 saturated carbocycles. The number of imidazole rings is 1. The molecule has 0 amide bonds. The van der Waals surface area contributed by atoms with Gasteiger partial charge in [0.15, 0.2) is 0 Å². The molecule has 3 rings (SSSR count). The van der Waals surface area contributed by atoms with Crippen LogP contribution in [0.25, 0.3) is 0 Å². The zero-order chi connectivity index (χ0) is 14.9. The lowest BCUT2D eigenvalue weighted by Crippen LogP contribution is -2.39. The molecule has 2 aliphatic heterocycles. The van der Waals surface area contributed by atoms with E-state index in [0.717, 1.165) is 31.2 Å². The molecule has 1 saturated heterocycles. The van der Waals surface area contributed by atoms with Crippen molar-refractivity contribution in [1.29, 1.82) is 0 Å². The van der Waals surface area contributed by atoms with E-state index in [9.17, 15) is 8.42 Å². The smallest absolute Gasteiger partial charge is 0.214 e. The van der Waals surface area contributed by atoms with Crippen molar-refractivity contribution in [3.63, 3.8) is 0 Å². The predicted molar refractivity (Wildman–Crippen MR) is 81.2 cm³/mol. The molecule has 0 aromatic carbocycles. The van der Waals surface area contributed by atoms with Gasteiger partial charge < -0.3 is 4.57 Å². The number of hydrogen-bond donors (Lipinski definition) is 0. The normalized spacial score (nSPS) is 21.4. The number of aromatic nitrogens is 2. The second-order valence-corrected chi connectivity index (χ2v) is 8.17. The van der Waals surface area contributed by atoms with Crippen LogP contribution in [0.4, 0.5) is 0 Å². The molecule has 0 unspecified atom stereocenters. The minimum absolute atomic E-state index is 0.161. The summed E-state index contributed by atoms with van der Waals surface area (Å²) in [4.78, 5) is 7.10. The molecule has 3 heterocycles. The summed E-state index contributed by atoms with van der Waals surface area (Å²) in [5.74, 6) is 1.04. The largest absolute Gasteiger partial charge is 0.332 e. The molecular weight excluding hydrogens is 288 g/mol. The Morgan fingerprint density at radius 2 is 1.90 bits per heavy atom. The van der Waals surface area contributed by atoms with E-state index in [4.69, 9.17) is 0 Å². The lowest BCUT2D eigenvalue weighted by molar-refractivity contribution is 0.218. The highest BCUT2D eigenvalue weighted by Gasteiger charge is 2.26. The van der Waals surface area contributed by atoms with Crippen molar-refractivity contribution in [3.8, 4) is 0 Å². The van der Waals surface area contributed by atoms with Crippen LogP contribution >= 0.6 is 0 Å². The third-order valence-electron chi connectivity index (χ3n) is 4.41. The summed E-state index contributed by atoms with van der Waals surface area (Å²) < 4.78 is 27.6. The Labute approximate surface area is 126 Å². The Bertz CT molecular complexity index is 590. The van der Waals surface area contributed by atoms with Gasteiger partial charge in [-0.05, 0) is 32.9 Å². The molecule has 1 aromatic heterocycles. The fourth-order valence-corrected chi connectivity index (χ4v) is 4.17. The van der Waals surface area contributed by atoms with E-state index in [1.807, 2.05) is 0 Å². The molecule has 0 spiro atoms. The van der Waals surface area contributed by atoms with Gasteiger partial charge >= 0.3 is 0 Å². The second-order valence-electron chi connectivity index (χ2n) is 5.91. The van der Waals surface area contributed by atoms with E-state index in [1.165, 1.54) is 19.3 Å². The van der Waals surface area contributed by atoms with E-state index in [-0.39, 0.29) is 5.75 Å². The van der Waals surface area contributed by atoms with E-state index >= 15 is 0 Å². The minimum Gasteiger partial charge on any atom is -0.332 e. The van der Waals surface area contributed by atoms with Gasteiger partial charge in [0.2, 0.25) is 10.0 Å². The van der Waals surface area contributed by atoms with Crippen LogP contribution in [-0.4, -0.2) is 52.6 Å². The highest BCUT2D eigenvalue weighted by Crippen LogP contribution is 2.18. The van der Waals surface area contributed by atoms with Gasteiger partial charge in [-0.1, -0.05) is 6.42 Å². The van der Waals surface area contributed by atoms with Crippen molar-refractivity contribution in [2.45, 2.75) is 45.8 Å². The SMILES string of the molecule is CCS(=O)(=O)N1CCn2cc(CN3CCCCC3)nc2C1. The average Bonchev–Trinajstić information content (AvgIpc) is 2.89. The number of rotatable bonds is 4. The first-order chi connectivity index (χ1) is 10.1. The zero-order valence-corrected chi connectivity index (χ0v) is 13.5. The third kappa shape index (κ3) is 3.30. The van der Waals surface area contributed by atoms with Gasteiger partial charge in [-0.2, -0.15) is 4.31 Å². The van der Waals surface area contributed by atoms with Crippen LogP contribution in [0.5, 0.6) is 0 Å². The molecule has 0 bridgehead atoms. The van der Waals surface area contributed by atoms with Gasteiger partial charge in [0, 0.05) is 25.8 Å². The van der Waals surface area contributed by atoms with Crippen molar-refractivity contribution >= 4 is 10.0 Å². The van der Waals surface area contributed by atoms with Gasteiger partial charge in [-0.15, -0.1) is 0 Å². The summed E-state index contributed by atoms with van der Waals surface area (Å²) in [5, 5.41) is 0. The van der Waals surface area contributed by atoms with E-state index < -0.39 is 10.0 Å². The maximum absolute atomic E-state index is 12.0. The first kappa shape index (κ1) is 15.0. The molecule has 21 heavy (non-hydrogen) atoms. The average molecular weight is 312 g/mol.